The Hall–Kier alpha value is -0.820. The molecule has 0 radical (unpaired) electrons. The molecule has 0 aliphatic heterocycles. The summed E-state index contributed by atoms with van der Waals surface area (Å²) in [5, 5.41) is 0. The van der Waals surface area contributed by atoms with E-state index in [1.807, 2.05) is 0 Å². The molecule has 0 amide bonds. The molecule has 0 bridgehead atoms. The zero-order chi connectivity index (χ0) is 20.3. The van der Waals surface area contributed by atoms with E-state index in [1.165, 1.54) is 121 Å². The maximum atomic E-state index is 2.72. The third-order valence-electron chi connectivity index (χ3n) is 5.93. The van der Waals surface area contributed by atoms with Gasteiger partial charge in [-0.3, -0.25) is 4.90 Å². The van der Waals surface area contributed by atoms with Gasteiger partial charge in [-0.25, -0.2) is 0 Å². The number of rotatable bonds is 19. The van der Waals surface area contributed by atoms with E-state index < -0.39 is 0 Å². The quantitative estimate of drug-likeness (QED) is 0.215. The molecule has 1 aromatic rings. The van der Waals surface area contributed by atoms with Crippen LogP contribution < -0.4 is 0 Å². The summed E-state index contributed by atoms with van der Waals surface area (Å²) < 4.78 is 0. The average Bonchev–Trinajstić information content (AvgIpc) is 2.70. The molecule has 0 fully saturated rings. The lowest BCUT2D eigenvalue weighted by Crippen LogP contribution is -2.25. The van der Waals surface area contributed by atoms with Crippen LogP contribution >= 0.6 is 0 Å². The Morgan fingerprint density at radius 3 is 1.36 bits per heavy atom. The lowest BCUT2D eigenvalue weighted by Gasteiger charge is -2.22. The fourth-order valence-electron chi connectivity index (χ4n) is 3.98. The van der Waals surface area contributed by atoms with Crippen LogP contribution in [0.4, 0.5) is 0 Å². The van der Waals surface area contributed by atoms with Crippen LogP contribution in [0.1, 0.15) is 121 Å². The zero-order valence-electron chi connectivity index (χ0n) is 19.5. The van der Waals surface area contributed by atoms with Crippen molar-refractivity contribution in [1.29, 1.82) is 0 Å². The van der Waals surface area contributed by atoms with Crippen molar-refractivity contribution >= 4 is 0 Å². The van der Waals surface area contributed by atoms with Crippen LogP contribution in [0.15, 0.2) is 24.3 Å². The van der Waals surface area contributed by atoms with Crippen molar-refractivity contribution in [2.75, 3.05) is 13.1 Å². The van der Waals surface area contributed by atoms with E-state index in [2.05, 4.69) is 49.9 Å². The first-order valence-electron chi connectivity index (χ1n) is 12.5. The molecule has 1 rings (SSSR count). The van der Waals surface area contributed by atoms with Gasteiger partial charge in [-0.15, -0.1) is 0 Å². The number of aryl methyl sites for hydroxylation is 1. The number of unbranched alkanes of at least 4 members (excludes halogenated alkanes) is 13. The normalized spacial score (nSPS) is 11.4. The summed E-state index contributed by atoms with van der Waals surface area (Å²) in [6.45, 7) is 10.5. The largest absolute Gasteiger partial charge is 0.299 e. The van der Waals surface area contributed by atoms with Crippen LogP contribution in [0.3, 0.4) is 0 Å². The van der Waals surface area contributed by atoms with Crippen molar-refractivity contribution in [3.63, 3.8) is 0 Å². The van der Waals surface area contributed by atoms with Crippen LogP contribution in [0, 0.1) is 6.92 Å². The lowest BCUT2D eigenvalue weighted by atomic mass is 10.1. The highest BCUT2D eigenvalue weighted by Gasteiger charge is 2.06. The smallest absolute Gasteiger partial charge is 0.0233 e. The second-order valence-electron chi connectivity index (χ2n) is 8.86. The van der Waals surface area contributed by atoms with E-state index in [0.717, 1.165) is 6.54 Å². The number of benzene rings is 1. The first-order valence-corrected chi connectivity index (χ1v) is 12.5. The van der Waals surface area contributed by atoms with E-state index in [0.29, 0.717) is 0 Å². The molecule has 0 saturated carbocycles. The van der Waals surface area contributed by atoms with Crippen LogP contribution in [-0.4, -0.2) is 18.0 Å². The second kappa shape index (κ2) is 18.2. The van der Waals surface area contributed by atoms with Crippen molar-refractivity contribution in [3.8, 4) is 0 Å². The Balaban J connectivity index is 2.25. The minimum absolute atomic E-state index is 1.13. The minimum Gasteiger partial charge on any atom is -0.299 e. The van der Waals surface area contributed by atoms with E-state index in [9.17, 15) is 0 Å². The Morgan fingerprint density at radius 2 is 0.929 bits per heavy atom. The zero-order valence-corrected chi connectivity index (χ0v) is 19.5. The predicted molar refractivity (Wildman–Crippen MR) is 127 cm³/mol. The third kappa shape index (κ3) is 14.2. The molecule has 0 heterocycles. The Bertz CT molecular complexity index is 436. The summed E-state index contributed by atoms with van der Waals surface area (Å²) in [5.41, 5.74) is 2.85. The van der Waals surface area contributed by atoms with E-state index in [-0.39, 0.29) is 0 Å². The van der Waals surface area contributed by atoms with Gasteiger partial charge >= 0.3 is 0 Å². The standard InChI is InChI=1S/C27H49N/c1-4-6-8-10-12-14-16-18-24-28(23-17-15-13-11-9-7-5-2)25-27-21-19-26(3)20-22-27/h19-22H,4-18,23-25H2,1-3H3. The van der Waals surface area contributed by atoms with Crippen molar-refractivity contribution in [2.24, 2.45) is 0 Å². The maximum absolute atomic E-state index is 2.72. The van der Waals surface area contributed by atoms with Crippen molar-refractivity contribution in [2.45, 2.75) is 124 Å². The van der Waals surface area contributed by atoms with Crippen molar-refractivity contribution in [1.82, 2.24) is 4.90 Å². The maximum Gasteiger partial charge on any atom is 0.0233 e. The molecule has 0 spiro atoms. The summed E-state index contributed by atoms with van der Waals surface area (Å²) in [6.07, 6.45) is 21.1. The lowest BCUT2D eigenvalue weighted by molar-refractivity contribution is 0.252. The third-order valence-corrected chi connectivity index (χ3v) is 5.93. The molecule has 28 heavy (non-hydrogen) atoms. The van der Waals surface area contributed by atoms with Crippen LogP contribution in [0.2, 0.25) is 0 Å². The first kappa shape index (κ1) is 25.2. The molecule has 1 nitrogen and oxygen atoms in total. The van der Waals surface area contributed by atoms with Gasteiger partial charge in [-0.1, -0.05) is 127 Å². The number of hydrogen-bond acceptors (Lipinski definition) is 1. The van der Waals surface area contributed by atoms with Gasteiger partial charge < -0.3 is 0 Å². The molecule has 1 heteroatoms. The highest BCUT2D eigenvalue weighted by atomic mass is 15.1. The van der Waals surface area contributed by atoms with E-state index >= 15 is 0 Å². The SMILES string of the molecule is CCCCCCCCCCN(CCCCCCCCC)Cc1ccc(C)cc1. The van der Waals surface area contributed by atoms with Gasteiger partial charge in [-0.2, -0.15) is 0 Å². The molecule has 162 valence electrons. The number of hydrogen-bond donors (Lipinski definition) is 0. The van der Waals surface area contributed by atoms with Crippen molar-refractivity contribution < 1.29 is 0 Å². The molecule has 0 aliphatic carbocycles. The molecule has 0 aliphatic rings. The van der Waals surface area contributed by atoms with Crippen molar-refractivity contribution in [3.05, 3.63) is 35.4 Å². The highest BCUT2D eigenvalue weighted by molar-refractivity contribution is 5.21. The van der Waals surface area contributed by atoms with Gasteiger partial charge in [0.1, 0.15) is 0 Å². The number of nitrogens with zero attached hydrogens (tertiary/aromatic N) is 1. The molecule has 1 aromatic carbocycles. The van der Waals surface area contributed by atoms with Crippen LogP contribution in [-0.2, 0) is 6.54 Å². The van der Waals surface area contributed by atoms with Gasteiger partial charge in [0.25, 0.3) is 0 Å². The topological polar surface area (TPSA) is 3.24 Å². The van der Waals surface area contributed by atoms with Gasteiger partial charge in [0.15, 0.2) is 0 Å². The van der Waals surface area contributed by atoms with E-state index in [4.69, 9.17) is 0 Å². The van der Waals surface area contributed by atoms with Crippen LogP contribution in [0.25, 0.3) is 0 Å². The summed E-state index contributed by atoms with van der Waals surface area (Å²) in [7, 11) is 0. The van der Waals surface area contributed by atoms with Gasteiger partial charge in [0.05, 0.1) is 0 Å². The minimum atomic E-state index is 1.13. The molecular weight excluding hydrogens is 338 g/mol. The van der Waals surface area contributed by atoms with Crippen LogP contribution in [0.5, 0.6) is 0 Å². The second-order valence-corrected chi connectivity index (χ2v) is 8.86. The monoisotopic (exact) mass is 387 g/mol. The predicted octanol–water partition coefficient (Wildman–Crippen LogP) is 8.69. The summed E-state index contributed by atoms with van der Waals surface area (Å²) >= 11 is 0. The van der Waals surface area contributed by atoms with E-state index in [1.54, 1.807) is 0 Å². The van der Waals surface area contributed by atoms with Gasteiger partial charge in [-0.05, 0) is 38.4 Å². The Morgan fingerprint density at radius 1 is 0.536 bits per heavy atom. The molecule has 0 N–H and O–H groups in total. The van der Waals surface area contributed by atoms with Gasteiger partial charge in [0.2, 0.25) is 0 Å². The molecular formula is C27H49N. The Labute approximate surface area is 177 Å². The van der Waals surface area contributed by atoms with Gasteiger partial charge in [0, 0.05) is 6.54 Å². The molecule has 0 saturated heterocycles. The summed E-state index contributed by atoms with van der Waals surface area (Å²) in [5.74, 6) is 0. The summed E-state index contributed by atoms with van der Waals surface area (Å²) in [4.78, 5) is 2.72. The molecule has 0 unspecified atom stereocenters. The molecule has 0 atom stereocenters. The highest BCUT2D eigenvalue weighted by Crippen LogP contribution is 2.13. The average molecular weight is 388 g/mol. The fraction of sp³-hybridized carbons (Fsp3) is 0.778. The fourth-order valence-corrected chi connectivity index (χ4v) is 3.98. The summed E-state index contributed by atoms with van der Waals surface area (Å²) in [6, 6.07) is 9.16. The first-order chi connectivity index (χ1) is 13.8. The Kier molecular flexibility index (Phi) is 16.4. The molecule has 0 aromatic heterocycles.